The van der Waals surface area contributed by atoms with Crippen LogP contribution < -0.4 is 4.74 Å². The molecule has 0 saturated heterocycles. The van der Waals surface area contributed by atoms with Gasteiger partial charge in [-0.1, -0.05) is 146 Å². The van der Waals surface area contributed by atoms with Crippen molar-refractivity contribution in [3.63, 3.8) is 0 Å². The number of furan rings is 1. The van der Waals surface area contributed by atoms with Crippen LogP contribution in [0, 0.1) is 0 Å². The van der Waals surface area contributed by atoms with Crippen molar-refractivity contribution in [3.05, 3.63) is 169 Å². The number of aliphatic hydroxyl groups is 1. The van der Waals surface area contributed by atoms with Gasteiger partial charge < -0.3 is 14.3 Å². The maximum atomic E-state index is 11.1. The second-order valence-corrected chi connectivity index (χ2v) is 13.1. The quantitative estimate of drug-likeness (QED) is 0.182. The highest BCUT2D eigenvalue weighted by atomic mass is 16.6. The van der Waals surface area contributed by atoms with Gasteiger partial charge in [0.05, 0.1) is 5.56 Å². The molecule has 0 aliphatic carbocycles. The molecule has 7 aromatic carbocycles. The van der Waals surface area contributed by atoms with E-state index in [4.69, 9.17) is 32.0 Å². The number of aromatic nitrogens is 3. The van der Waals surface area contributed by atoms with Crippen LogP contribution in [0.5, 0.6) is 5.75 Å². The van der Waals surface area contributed by atoms with E-state index in [-0.39, 0.29) is 0 Å². The van der Waals surface area contributed by atoms with E-state index < -0.39 is 5.69 Å². The summed E-state index contributed by atoms with van der Waals surface area (Å²) in [5.41, 5.74) is 8.35. The summed E-state index contributed by atoms with van der Waals surface area (Å²) in [4.78, 5) is 15.1. The molecule has 2 radical (unpaired) electrons. The van der Waals surface area contributed by atoms with E-state index in [2.05, 4.69) is 48.5 Å². The standard InChI is InChI=1S/C46H28BN3O3/c47-46(51)38-17-9-14-33(41(38)36-13-5-7-19-40(36)53-46)30-22-26-32(27-23-30)44-48-43(31-24-20-29(21-25-31)28-10-2-1-3-11-28)49-45(50-44)37-16-8-15-35-34-12-4-6-18-39(34)52-42(35)37/h1-27,51H. The fourth-order valence-corrected chi connectivity index (χ4v) is 7.29. The highest BCUT2D eigenvalue weighted by Gasteiger charge is 2.35. The van der Waals surface area contributed by atoms with Crippen LogP contribution in [0.15, 0.2) is 168 Å². The van der Waals surface area contributed by atoms with E-state index in [0.717, 1.165) is 72.0 Å². The maximum absolute atomic E-state index is 11.1. The fourth-order valence-electron chi connectivity index (χ4n) is 7.29. The smallest absolute Gasteiger partial charge is 0.182 e. The lowest BCUT2D eigenvalue weighted by Crippen LogP contribution is -2.36. The van der Waals surface area contributed by atoms with Crippen molar-refractivity contribution in [1.82, 2.24) is 15.0 Å². The molecule has 9 aromatic rings. The molecule has 1 atom stereocenters. The Morgan fingerprint density at radius 3 is 1.77 bits per heavy atom. The molecule has 0 saturated carbocycles. The minimum atomic E-state index is -1.96. The van der Waals surface area contributed by atoms with Gasteiger partial charge >= 0.3 is 0 Å². The summed E-state index contributed by atoms with van der Waals surface area (Å²) < 4.78 is 12.2. The molecule has 53 heavy (non-hydrogen) atoms. The number of benzene rings is 7. The third-order valence-electron chi connectivity index (χ3n) is 9.86. The minimum Gasteiger partial charge on any atom is -0.467 e. The number of para-hydroxylation sites is 3. The van der Waals surface area contributed by atoms with Crippen LogP contribution in [0.2, 0.25) is 0 Å². The van der Waals surface area contributed by atoms with Gasteiger partial charge in [0.15, 0.2) is 31.0 Å². The summed E-state index contributed by atoms with van der Waals surface area (Å²) in [7, 11) is 6.27. The lowest BCUT2D eigenvalue weighted by Gasteiger charge is -2.35. The molecule has 0 spiro atoms. The number of hydrogen-bond donors (Lipinski definition) is 1. The van der Waals surface area contributed by atoms with Crippen molar-refractivity contribution in [3.8, 4) is 73.3 Å². The first-order chi connectivity index (χ1) is 26.0. The zero-order valence-electron chi connectivity index (χ0n) is 28.3. The van der Waals surface area contributed by atoms with E-state index >= 15 is 0 Å². The Labute approximate surface area is 306 Å². The lowest BCUT2D eigenvalue weighted by atomic mass is 9.77. The van der Waals surface area contributed by atoms with Gasteiger partial charge in [-0.2, -0.15) is 0 Å². The fraction of sp³-hybridized carbons (Fsp3) is 0.0217. The Balaban J connectivity index is 1.11. The lowest BCUT2D eigenvalue weighted by molar-refractivity contribution is -0.0691. The maximum Gasteiger partial charge on any atom is 0.182 e. The third kappa shape index (κ3) is 5.29. The molecular formula is C46H28BN3O3. The monoisotopic (exact) mass is 681 g/mol. The van der Waals surface area contributed by atoms with Crippen molar-refractivity contribution in [2.24, 2.45) is 0 Å². The molecule has 1 aliphatic rings. The molecule has 10 rings (SSSR count). The average molecular weight is 682 g/mol. The first kappa shape index (κ1) is 31.0. The van der Waals surface area contributed by atoms with Crippen molar-refractivity contribution in [2.75, 3.05) is 0 Å². The number of hydrogen-bond acceptors (Lipinski definition) is 6. The summed E-state index contributed by atoms with van der Waals surface area (Å²) in [6.45, 7) is 0. The van der Waals surface area contributed by atoms with Gasteiger partial charge in [-0.05, 0) is 40.5 Å². The Morgan fingerprint density at radius 1 is 0.453 bits per heavy atom. The van der Waals surface area contributed by atoms with Crippen molar-refractivity contribution in [2.45, 2.75) is 5.69 Å². The van der Waals surface area contributed by atoms with E-state index in [1.807, 2.05) is 109 Å². The molecular weight excluding hydrogens is 653 g/mol. The Kier molecular flexibility index (Phi) is 7.10. The van der Waals surface area contributed by atoms with Gasteiger partial charge in [0.2, 0.25) is 0 Å². The van der Waals surface area contributed by atoms with Gasteiger partial charge in [0.1, 0.15) is 16.9 Å². The number of nitrogens with zero attached hydrogens (tertiary/aromatic N) is 3. The summed E-state index contributed by atoms with van der Waals surface area (Å²) in [6, 6.07) is 54.1. The van der Waals surface area contributed by atoms with Crippen LogP contribution in [-0.2, 0) is 5.69 Å². The second kappa shape index (κ2) is 12.2. The Hall–Kier alpha value is -6.83. The van der Waals surface area contributed by atoms with Crippen LogP contribution >= 0.6 is 0 Å². The summed E-state index contributed by atoms with van der Waals surface area (Å²) >= 11 is 0. The molecule has 1 aliphatic heterocycles. The summed E-state index contributed by atoms with van der Waals surface area (Å²) in [5.74, 6) is 2.12. The third-order valence-corrected chi connectivity index (χ3v) is 9.86. The first-order valence-corrected chi connectivity index (χ1v) is 17.4. The molecule has 248 valence electrons. The normalized spacial score (nSPS) is 14.8. The highest BCUT2D eigenvalue weighted by molar-refractivity contribution is 6.15. The second-order valence-electron chi connectivity index (χ2n) is 13.1. The van der Waals surface area contributed by atoms with Crippen LogP contribution in [0.1, 0.15) is 5.56 Å². The molecule has 0 fully saturated rings. The Morgan fingerprint density at radius 2 is 1.00 bits per heavy atom. The summed E-state index contributed by atoms with van der Waals surface area (Å²) in [5, 5.41) is 13.1. The zero-order chi connectivity index (χ0) is 35.5. The van der Waals surface area contributed by atoms with Gasteiger partial charge in [0.25, 0.3) is 0 Å². The highest BCUT2D eigenvalue weighted by Crippen LogP contribution is 2.47. The molecule has 0 amide bonds. The molecule has 7 heteroatoms. The topological polar surface area (TPSA) is 81.3 Å². The SMILES string of the molecule is [B]C1(O)Oc2ccccc2-c2c(-c3ccc(-c4nc(-c5ccc(-c6ccccc6)cc5)nc(-c5cccc6c5oc5ccccc56)n4)cc3)cccc21. The van der Waals surface area contributed by atoms with Crippen LogP contribution in [-0.4, -0.2) is 27.9 Å². The van der Waals surface area contributed by atoms with E-state index in [0.29, 0.717) is 28.8 Å². The van der Waals surface area contributed by atoms with Gasteiger partial charge in [-0.25, -0.2) is 15.0 Å². The number of ether oxygens (including phenoxy) is 1. The average Bonchev–Trinajstić information content (AvgIpc) is 3.60. The Bertz CT molecular complexity index is 2830. The molecule has 6 nitrogen and oxygen atoms in total. The van der Waals surface area contributed by atoms with Gasteiger partial charge in [-0.3, -0.25) is 0 Å². The summed E-state index contributed by atoms with van der Waals surface area (Å²) in [6.07, 6.45) is 0. The van der Waals surface area contributed by atoms with E-state index in [1.165, 1.54) is 0 Å². The van der Waals surface area contributed by atoms with Gasteiger partial charge in [0, 0.05) is 38.6 Å². The molecule has 1 N–H and O–H groups in total. The minimum absolute atomic E-state index is 0.502. The molecule has 2 aromatic heterocycles. The molecule has 3 heterocycles. The van der Waals surface area contributed by atoms with E-state index in [1.54, 1.807) is 6.07 Å². The molecule has 0 bridgehead atoms. The van der Waals surface area contributed by atoms with Crippen molar-refractivity contribution in [1.29, 1.82) is 0 Å². The number of fused-ring (bicyclic) bond motifs is 6. The van der Waals surface area contributed by atoms with Crippen molar-refractivity contribution < 1.29 is 14.3 Å². The largest absolute Gasteiger partial charge is 0.467 e. The molecule has 1 unspecified atom stereocenters. The first-order valence-electron chi connectivity index (χ1n) is 17.4. The zero-order valence-corrected chi connectivity index (χ0v) is 28.3. The van der Waals surface area contributed by atoms with Crippen LogP contribution in [0.25, 0.3) is 89.5 Å². The number of rotatable bonds is 5. The predicted octanol–water partition coefficient (Wildman–Crippen LogP) is 10.4. The van der Waals surface area contributed by atoms with Gasteiger partial charge in [-0.15, -0.1) is 0 Å². The van der Waals surface area contributed by atoms with Crippen molar-refractivity contribution >= 4 is 29.8 Å². The van der Waals surface area contributed by atoms with Crippen LogP contribution in [0.3, 0.4) is 0 Å². The van der Waals surface area contributed by atoms with Crippen LogP contribution in [0.4, 0.5) is 0 Å². The predicted molar refractivity (Wildman–Crippen MR) is 210 cm³/mol. The van der Waals surface area contributed by atoms with E-state index in [9.17, 15) is 5.11 Å².